The molecule has 2 aliphatic rings. The van der Waals surface area contributed by atoms with Crippen LogP contribution in [0, 0.1) is 0 Å². The number of ketones is 1. The summed E-state index contributed by atoms with van der Waals surface area (Å²) in [6.45, 7) is 1.67. The maximum atomic E-state index is 11.6. The summed E-state index contributed by atoms with van der Waals surface area (Å²) in [4.78, 5) is 30.8. The van der Waals surface area contributed by atoms with Crippen LogP contribution >= 0.6 is 30.1 Å². The SMILES string of the molecule is CC(=O)C1(c2ccc3ocnc3c2)CC1.O=C(O)C1(c2ccc3ocnc3c2)CC1.[Cl][Al]([Cl])[Cl]. The van der Waals surface area contributed by atoms with E-state index >= 15 is 0 Å². The first kappa shape index (κ1) is 25.0. The number of rotatable bonds is 4. The van der Waals surface area contributed by atoms with E-state index in [9.17, 15) is 9.59 Å². The van der Waals surface area contributed by atoms with Crippen LogP contribution in [0.3, 0.4) is 0 Å². The van der Waals surface area contributed by atoms with Gasteiger partial charge in [-0.2, -0.15) is 0 Å². The second-order valence-corrected chi connectivity index (χ2v) is 14.8. The maximum Gasteiger partial charge on any atom is 0.643 e. The number of aliphatic carboxylic acids is 1. The number of fused-ring (bicyclic) bond motifs is 2. The van der Waals surface area contributed by atoms with Gasteiger partial charge in [0.2, 0.25) is 0 Å². The smallest absolute Gasteiger partial charge is 0.481 e. The van der Waals surface area contributed by atoms with E-state index in [-0.39, 0.29) is 11.2 Å². The lowest BCUT2D eigenvalue weighted by Crippen LogP contribution is -2.19. The summed E-state index contributed by atoms with van der Waals surface area (Å²) in [5, 5.41) is 9.14. The van der Waals surface area contributed by atoms with Gasteiger partial charge in [-0.3, -0.25) is 9.59 Å². The minimum atomic E-state index is -1.72. The van der Waals surface area contributed by atoms with Crippen molar-refractivity contribution < 1.29 is 23.5 Å². The first-order chi connectivity index (χ1) is 16.2. The third kappa shape index (κ3) is 5.12. The Kier molecular flexibility index (Phi) is 7.28. The predicted octanol–water partition coefficient (Wildman–Crippen LogP) is 6.08. The van der Waals surface area contributed by atoms with Gasteiger partial charge in [-0.25, -0.2) is 40.1 Å². The number of Topliss-reactive ketones (excluding diaryl/α,β-unsaturated/α-hetero) is 1. The van der Waals surface area contributed by atoms with Gasteiger partial charge in [-0.1, -0.05) is 12.1 Å². The third-order valence-corrected chi connectivity index (χ3v) is 6.35. The Morgan fingerprint density at radius 1 is 0.853 bits per heavy atom. The van der Waals surface area contributed by atoms with E-state index in [0.29, 0.717) is 18.4 Å². The fraction of sp³-hybridized carbons (Fsp3) is 0.304. The van der Waals surface area contributed by atoms with Crippen LogP contribution in [0.15, 0.2) is 58.0 Å². The number of carbonyl (C=O) groups is 2. The van der Waals surface area contributed by atoms with Crippen molar-refractivity contribution in [1.82, 2.24) is 9.97 Å². The van der Waals surface area contributed by atoms with Crippen LogP contribution in [0.25, 0.3) is 22.2 Å². The van der Waals surface area contributed by atoms with E-state index in [2.05, 4.69) is 9.97 Å². The van der Waals surface area contributed by atoms with E-state index in [4.69, 9.17) is 44.1 Å². The Hall–Kier alpha value is -2.08. The van der Waals surface area contributed by atoms with Gasteiger partial charge >= 0.3 is 17.4 Å². The quantitative estimate of drug-likeness (QED) is 0.314. The minimum Gasteiger partial charge on any atom is -0.481 e. The van der Waals surface area contributed by atoms with Crippen LogP contribution in [0.1, 0.15) is 43.7 Å². The van der Waals surface area contributed by atoms with Gasteiger partial charge in [0.25, 0.3) is 0 Å². The Balaban J connectivity index is 0.000000140. The Bertz CT molecular complexity index is 1240. The summed E-state index contributed by atoms with van der Waals surface area (Å²) >= 11 is -1.72. The number of aromatic nitrogens is 2. The molecule has 0 saturated heterocycles. The fourth-order valence-corrected chi connectivity index (χ4v) is 4.03. The van der Waals surface area contributed by atoms with Gasteiger partial charge < -0.3 is 13.9 Å². The molecule has 6 rings (SSSR count). The fourth-order valence-electron chi connectivity index (χ4n) is 4.03. The predicted molar refractivity (Wildman–Crippen MR) is 131 cm³/mol. The van der Waals surface area contributed by atoms with E-state index < -0.39 is 22.8 Å². The van der Waals surface area contributed by atoms with Crippen LogP contribution < -0.4 is 0 Å². The van der Waals surface area contributed by atoms with Crippen molar-refractivity contribution in [1.29, 1.82) is 0 Å². The van der Waals surface area contributed by atoms with Crippen LogP contribution in [-0.4, -0.2) is 38.2 Å². The molecule has 2 fully saturated rings. The van der Waals surface area contributed by atoms with E-state index in [0.717, 1.165) is 40.6 Å². The number of halogens is 3. The summed E-state index contributed by atoms with van der Waals surface area (Å²) in [7, 11) is 14.8. The monoisotopic (exact) mass is 536 g/mol. The highest BCUT2D eigenvalue weighted by atomic mass is 35.8. The van der Waals surface area contributed by atoms with Crippen molar-refractivity contribution in [2.24, 2.45) is 0 Å². The Morgan fingerprint density at radius 2 is 1.26 bits per heavy atom. The zero-order valence-corrected chi connectivity index (χ0v) is 21.6. The molecule has 0 unspecified atom stereocenters. The summed E-state index contributed by atoms with van der Waals surface area (Å²) < 4.78 is 10.3. The molecule has 2 aliphatic carbocycles. The topological polar surface area (TPSA) is 106 Å². The van der Waals surface area contributed by atoms with Crippen LogP contribution in [-0.2, 0) is 20.4 Å². The summed E-state index contributed by atoms with van der Waals surface area (Å²) in [5.74, 6) is -0.490. The van der Waals surface area contributed by atoms with Crippen molar-refractivity contribution in [3.8, 4) is 0 Å². The standard InChI is InChI=1S/C12H11NO2.C11H9NO3.Al.3ClH/c1-8(14)12(4-5-12)9-2-3-11-10(6-9)13-7-15-11;13-10(14)11(3-4-11)7-1-2-9-8(5-7)12-6-15-9;;;;/h2-3,6-7H,4-5H2,1H3;1-2,5-6H,3-4H2,(H,13,14);;3*1H/q;;+3;;;/p-3. The van der Waals surface area contributed by atoms with Gasteiger partial charge in [0, 0.05) is 0 Å². The number of oxazole rings is 2. The molecule has 0 spiro atoms. The van der Waals surface area contributed by atoms with E-state index in [1.54, 1.807) is 19.1 Å². The molecular weight excluding hydrogens is 518 g/mol. The molecule has 0 bridgehead atoms. The first-order valence-electron chi connectivity index (χ1n) is 10.5. The molecule has 7 nitrogen and oxygen atoms in total. The summed E-state index contributed by atoms with van der Waals surface area (Å²) in [6.07, 6.45) is 6.16. The highest BCUT2D eigenvalue weighted by Gasteiger charge is 2.52. The van der Waals surface area contributed by atoms with Gasteiger partial charge in [0.15, 0.2) is 24.0 Å². The van der Waals surface area contributed by atoms with Gasteiger partial charge in [0.1, 0.15) is 16.8 Å². The zero-order valence-electron chi connectivity index (χ0n) is 18.1. The van der Waals surface area contributed by atoms with Gasteiger partial charge in [-0.05, 0) is 68.0 Å². The second kappa shape index (κ2) is 9.89. The number of benzene rings is 2. The van der Waals surface area contributed by atoms with E-state index in [1.165, 1.54) is 12.8 Å². The van der Waals surface area contributed by atoms with Crippen molar-refractivity contribution in [3.05, 3.63) is 60.3 Å². The lowest BCUT2D eigenvalue weighted by atomic mass is 9.92. The zero-order chi connectivity index (χ0) is 24.5. The third-order valence-electron chi connectivity index (χ3n) is 6.35. The van der Waals surface area contributed by atoms with Crippen molar-refractivity contribution in [2.45, 2.75) is 43.4 Å². The molecule has 2 aromatic heterocycles. The van der Waals surface area contributed by atoms with E-state index in [1.807, 2.05) is 24.3 Å². The molecule has 2 heterocycles. The molecule has 0 radical (unpaired) electrons. The van der Waals surface area contributed by atoms with Crippen LogP contribution in [0.4, 0.5) is 0 Å². The number of carboxylic acid groups (broad SMARTS) is 1. The lowest BCUT2D eigenvalue weighted by molar-refractivity contribution is -0.140. The average molecular weight is 538 g/mol. The van der Waals surface area contributed by atoms with Gasteiger partial charge in [0.05, 0.1) is 10.8 Å². The molecule has 2 aromatic carbocycles. The molecule has 11 heteroatoms. The second-order valence-electron chi connectivity index (χ2n) is 8.34. The molecule has 0 aliphatic heterocycles. The minimum absolute atomic E-state index is 0.215. The molecule has 0 atom stereocenters. The number of carbonyl (C=O) groups excluding carboxylic acids is 1. The Morgan fingerprint density at radius 3 is 1.62 bits per heavy atom. The normalized spacial score (nSPS) is 16.6. The van der Waals surface area contributed by atoms with Crippen molar-refractivity contribution in [2.75, 3.05) is 0 Å². The summed E-state index contributed by atoms with van der Waals surface area (Å²) in [5.41, 5.74) is 4.06. The molecule has 34 heavy (non-hydrogen) atoms. The Labute approximate surface area is 212 Å². The highest BCUT2D eigenvalue weighted by molar-refractivity contribution is 7.54. The van der Waals surface area contributed by atoms with Crippen LogP contribution in [0.5, 0.6) is 0 Å². The summed E-state index contributed by atoms with van der Waals surface area (Å²) in [6, 6.07) is 11.2. The average Bonchev–Trinajstić information content (AvgIpc) is 3.68. The molecule has 0 amide bonds. The highest BCUT2D eigenvalue weighted by Crippen LogP contribution is 2.49. The molecular formula is C23H20AlCl3N2O5. The molecule has 2 saturated carbocycles. The molecule has 4 aromatic rings. The maximum absolute atomic E-state index is 11.6. The number of nitrogens with zero attached hydrogens (tertiary/aromatic N) is 2. The number of carboxylic acids is 1. The first-order valence-corrected chi connectivity index (χ1v) is 15.8. The lowest BCUT2D eigenvalue weighted by Gasteiger charge is -2.10. The number of hydrogen-bond donors (Lipinski definition) is 1. The van der Waals surface area contributed by atoms with Gasteiger partial charge in [-0.15, -0.1) is 0 Å². The van der Waals surface area contributed by atoms with Crippen molar-refractivity contribution in [3.63, 3.8) is 0 Å². The number of hydrogen-bond acceptors (Lipinski definition) is 6. The molecule has 1 N–H and O–H groups in total. The van der Waals surface area contributed by atoms with Crippen LogP contribution in [0.2, 0.25) is 0 Å². The molecule has 176 valence electrons. The largest absolute Gasteiger partial charge is 0.643 e. The van der Waals surface area contributed by atoms with Crippen molar-refractivity contribution >= 4 is 75.5 Å².